The Morgan fingerprint density at radius 2 is 1.95 bits per heavy atom. The average molecular weight is 344 g/mol. The zero-order chi connectivity index (χ0) is 14.3. The van der Waals surface area contributed by atoms with Gasteiger partial charge in [0, 0.05) is 16.6 Å². The van der Waals surface area contributed by atoms with Gasteiger partial charge in [0.15, 0.2) is 5.11 Å². The molecule has 1 aromatic carbocycles. The molecule has 6 heteroatoms. The quantitative estimate of drug-likeness (QED) is 0.634. The third kappa shape index (κ3) is 6.66. The van der Waals surface area contributed by atoms with Crippen LogP contribution in [0.4, 0.5) is 0 Å². The van der Waals surface area contributed by atoms with E-state index in [-0.39, 0.29) is 5.91 Å². The number of benzene rings is 1. The molecule has 4 nitrogen and oxygen atoms in total. The molecule has 0 aliphatic heterocycles. The van der Waals surface area contributed by atoms with Crippen molar-refractivity contribution in [1.29, 1.82) is 0 Å². The van der Waals surface area contributed by atoms with Gasteiger partial charge in [0.2, 0.25) is 0 Å². The van der Waals surface area contributed by atoms with Crippen molar-refractivity contribution in [3.05, 3.63) is 34.3 Å². The van der Waals surface area contributed by atoms with Gasteiger partial charge in [-0.2, -0.15) is 0 Å². The van der Waals surface area contributed by atoms with Crippen LogP contribution in [0.1, 0.15) is 16.8 Å². The fourth-order valence-electron chi connectivity index (χ4n) is 1.42. The molecule has 0 spiro atoms. The molecule has 1 amide bonds. The normalized spacial score (nSPS) is 10.3. The van der Waals surface area contributed by atoms with E-state index >= 15 is 0 Å². The number of halogens is 1. The SMILES string of the molecule is CN(C)CCCNC(=S)NC(=O)c1ccc(Br)cc1. The summed E-state index contributed by atoms with van der Waals surface area (Å²) >= 11 is 8.39. The van der Waals surface area contributed by atoms with Crippen molar-refractivity contribution < 1.29 is 4.79 Å². The van der Waals surface area contributed by atoms with Gasteiger partial charge < -0.3 is 10.2 Å². The van der Waals surface area contributed by atoms with Gasteiger partial charge in [0.05, 0.1) is 0 Å². The van der Waals surface area contributed by atoms with Gasteiger partial charge >= 0.3 is 0 Å². The van der Waals surface area contributed by atoms with E-state index in [1.54, 1.807) is 12.1 Å². The summed E-state index contributed by atoms with van der Waals surface area (Å²) in [7, 11) is 4.04. The molecule has 0 aromatic heterocycles. The van der Waals surface area contributed by atoms with Crippen molar-refractivity contribution >= 4 is 39.2 Å². The fourth-order valence-corrected chi connectivity index (χ4v) is 1.88. The summed E-state index contributed by atoms with van der Waals surface area (Å²) in [6, 6.07) is 7.13. The molecule has 0 aliphatic rings. The van der Waals surface area contributed by atoms with Crippen LogP contribution >= 0.6 is 28.1 Å². The maximum atomic E-state index is 11.8. The second kappa shape index (κ2) is 8.24. The Kier molecular flexibility index (Phi) is 6.97. The summed E-state index contributed by atoms with van der Waals surface area (Å²) in [5.74, 6) is -0.197. The summed E-state index contributed by atoms with van der Waals surface area (Å²) in [6.45, 7) is 1.73. The number of hydrogen-bond acceptors (Lipinski definition) is 3. The predicted octanol–water partition coefficient (Wildman–Crippen LogP) is 2.01. The Bertz CT molecular complexity index is 434. The molecule has 0 unspecified atom stereocenters. The second-order valence-electron chi connectivity index (χ2n) is 4.37. The summed E-state index contributed by atoms with van der Waals surface area (Å²) in [4.78, 5) is 13.9. The lowest BCUT2D eigenvalue weighted by atomic mass is 10.2. The molecular formula is C13H18BrN3OS. The van der Waals surface area contributed by atoms with E-state index in [9.17, 15) is 4.79 Å². The van der Waals surface area contributed by atoms with Crippen LogP contribution in [0, 0.1) is 0 Å². The highest BCUT2D eigenvalue weighted by molar-refractivity contribution is 9.10. The smallest absolute Gasteiger partial charge is 0.257 e. The van der Waals surface area contributed by atoms with Gasteiger partial charge in [-0.05, 0) is 63.5 Å². The Morgan fingerprint density at radius 1 is 1.32 bits per heavy atom. The standard InChI is InChI=1S/C13H18BrN3OS/c1-17(2)9-3-8-15-13(19)16-12(18)10-4-6-11(14)7-5-10/h4-7H,3,8-9H2,1-2H3,(H2,15,16,18,19). The molecule has 0 fully saturated rings. The first-order valence-corrected chi connectivity index (χ1v) is 7.18. The summed E-state index contributed by atoms with van der Waals surface area (Å²) in [5.41, 5.74) is 0.584. The topological polar surface area (TPSA) is 44.4 Å². The minimum absolute atomic E-state index is 0.197. The molecule has 104 valence electrons. The average Bonchev–Trinajstić information content (AvgIpc) is 2.35. The molecule has 0 heterocycles. The number of carbonyl (C=O) groups is 1. The highest BCUT2D eigenvalue weighted by Gasteiger charge is 2.06. The molecule has 0 aliphatic carbocycles. The van der Waals surface area contributed by atoms with Crippen molar-refractivity contribution in [3.8, 4) is 0 Å². The number of amides is 1. The zero-order valence-corrected chi connectivity index (χ0v) is 13.5. The van der Waals surface area contributed by atoms with Gasteiger partial charge in [0.1, 0.15) is 0 Å². The molecular weight excluding hydrogens is 326 g/mol. The first-order chi connectivity index (χ1) is 8.99. The van der Waals surface area contributed by atoms with Crippen LogP contribution in [0.15, 0.2) is 28.7 Å². The van der Waals surface area contributed by atoms with Gasteiger partial charge in [-0.25, -0.2) is 0 Å². The number of hydrogen-bond donors (Lipinski definition) is 2. The Hall–Kier alpha value is -0.980. The number of rotatable bonds is 5. The molecule has 1 aromatic rings. The van der Waals surface area contributed by atoms with E-state index in [0.29, 0.717) is 10.7 Å². The summed E-state index contributed by atoms with van der Waals surface area (Å²) in [5, 5.41) is 6.04. The van der Waals surface area contributed by atoms with Crippen LogP contribution in [0.5, 0.6) is 0 Å². The number of nitrogens with one attached hydrogen (secondary N) is 2. The van der Waals surface area contributed by atoms with E-state index in [1.165, 1.54) is 0 Å². The van der Waals surface area contributed by atoms with Crippen LogP contribution in [-0.2, 0) is 0 Å². The van der Waals surface area contributed by atoms with Crippen LogP contribution in [-0.4, -0.2) is 43.1 Å². The van der Waals surface area contributed by atoms with Crippen LogP contribution in [0.25, 0.3) is 0 Å². The minimum atomic E-state index is -0.197. The lowest BCUT2D eigenvalue weighted by Crippen LogP contribution is -2.40. The molecule has 0 saturated heterocycles. The fraction of sp³-hybridized carbons (Fsp3) is 0.385. The van der Waals surface area contributed by atoms with Crippen LogP contribution in [0.2, 0.25) is 0 Å². The summed E-state index contributed by atoms with van der Waals surface area (Å²) < 4.78 is 0.938. The van der Waals surface area contributed by atoms with E-state index in [1.807, 2.05) is 26.2 Å². The molecule has 2 N–H and O–H groups in total. The Balaban J connectivity index is 2.32. The van der Waals surface area contributed by atoms with Crippen molar-refractivity contribution in [1.82, 2.24) is 15.5 Å². The van der Waals surface area contributed by atoms with E-state index < -0.39 is 0 Å². The monoisotopic (exact) mass is 343 g/mol. The molecule has 19 heavy (non-hydrogen) atoms. The van der Waals surface area contributed by atoms with Crippen molar-refractivity contribution in [3.63, 3.8) is 0 Å². The van der Waals surface area contributed by atoms with E-state index in [4.69, 9.17) is 12.2 Å². The van der Waals surface area contributed by atoms with Crippen LogP contribution in [0.3, 0.4) is 0 Å². The third-order valence-corrected chi connectivity index (χ3v) is 3.18. The van der Waals surface area contributed by atoms with Crippen molar-refractivity contribution in [2.45, 2.75) is 6.42 Å². The Morgan fingerprint density at radius 3 is 2.53 bits per heavy atom. The lowest BCUT2D eigenvalue weighted by molar-refractivity contribution is 0.0976. The lowest BCUT2D eigenvalue weighted by Gasteiger charge is -2.12. The maximum Gasteiger partial charge on any atom is 0.257 e. The predicted molar refractivity (Wildman–Crippen MR) is 85.4 cm³/mol. The van der Waals surface area contributed by atoms with Gasteiger partial charge in [0.25, 0.3) is 5.91 Å². The zero-order valence-electron chi connectivity index (χ0n) is 11.1. The van der Waals surface area contributed by atoms with E-state index in [2.05, 4.69) is 31.5 Å². The molecule has 0 radical (unpaired) electrons. The van der Waals surface area contributed by atoms with Crippen molar-refractivity contribution in [2.24, 2.45) is 0 Å². The number of carbonyl (C=O) groups excluding carboxylic acids is 1. The largest absolute Gasteiger partial charge is 0.362 e. The van der Waals surface area contributed by atoms with Crippen molar-refractivity contribution in [2.75, 3.05) is 27.2 Å². The highest BCUT2D eigenvalue weighted by atomic mass is 79.9. The highest BCUT2D eigenvalue weighted by Crippen LogP contribution is 2.10. The second-order valence-corrected chi connectivity index (χ2v) is 5.70. The van der Waals surface area contributed by atoms with Gasteiger partial charge in [-0.1, -0.05) is 15.9 Å². The maximum absolute atomic E-state index is 11.8. The first-order valence-electron chi connectivity index (χ1n) is 5.98. The molecule has 1 rings (SSSR count). The van der Waals surface area contributed by atoms with Gasteiger partial charge in [-0.3, -0.25) is 10.1 Å². The Labute approximate surface area is 127 Å². The molecule has 0 bridgehead atoms. The van der Waals surface area contributed by atoms with E-state index in [0.717, 1.165) is 24.0 Å². The summed E-state index contributed by atoms with van der Waals surface area (Å²) in [6.07, 6.45) is 0.974. The number of thiocarbonyl (C=S) groups is 1. The van der Waals surface area contributed by atoms with Gasteiger partial charge in [-0.15, -0.1) is 0 Å². The third-order valence-electron chi connectivity index (χ3n) is 2.40. The molecule has 0 atom stereocenters. The first kappa shape index (κ1) is 16.1. The minimum Gasteiger partial charge on any atom is -0.362 e. The molecule has 0 saturated carbocycles. The van der Waals surface area contributed by atoms with Crippen LogP contribution < -0.4 is 10.6 Å². The number of nitrogens with zero attached hydrogens (tertiary/aromatic N) is 1.